The highest BCUT2D eigenvalue weighted by atomic mass is 19.1. The number of nitrogens with zero attached hydrogens (tertiary/aromatic N) is 4. The summed E-state index contributed by atoms with van der Waals surface area (Å²) in [7, 11) is 0. The van der Waals surface area contributed by atoms with Gasteiger partial charge in [0.1, 0.15) is 12.0 Å². The number of alkyl halides is 1. The Morgan fingerprint density at radius 2 is 0.985 bits per heavy atom. The van der Waals surface area contributed by atoms with E-state index in [0.29, 0.717) is 5.92 Å². The van der Waals surface area contributed by atoms with Gasteiger partial charge in [0.2, 0.25) is 0 Å². The van der Waals surface area contributed by atoms with Gasteiger partial charge in [-0.1, -0.05) is 111 Å². The van der Waals surface area contributed by atoms with Crippen molar-refractivity contribution in [3.05, 3.63) is 241 Å². The fourth-order valence-corrected chi connectivity index (χ4v) is 10.4. The van der Waals surface area contributed by atoms with E-state index in [4.69, 9.17) is 0 Å². The summed E-state index contributed by atoms with van der Waals surface area (Å²) >= 11 is 0. The van der Waals surface area contributed by atoms with Crippen LogP contribution in [0.4, 0.5) is 37.2 Å². The average molecular weight is 887 g/mol. The van der Waals surface area contributed by atoms with Crippen molar-refractivity contribution in [2.75, 3.05) is 9.80 Å². The van der Waals surface area contributed by atoms with Gasteiger partial charge in [-0.15, -0.1) is 0 Å². The normalized spacial score (nSPS) is 16.6. The number of para-hydroxylation sites is 3. The molecule has 330 valence electrons. The molecule has 6 heteroatoms. The van der Waals surface area contributed by atoms with Gasteiger partial charge >= 0.3 is 0 Å². The number of rotatable bonds is 9. The Morgan fingerprint density at radius 1 is 0.471 bits per heavy atom. The molecule has 3 unspecified atom stereocenters. The molecule has 0 saturated heterocycles. The molecule has 0 aliphatic heterocycles. The van der Waals surface area contributed by atoms with E-state index in [0.717, 1.165) is 84.9 Å². The molecule has 0 spiro atoms. The van der Waals surface area contributed by atoms with Crippen LogP contribution in [0.1, 0.15) is 25.1 Å². The van der Waals surface area contributed by atoms with Crippen LogP contribution < -0.4 is 9.80 Å². The van der Waals surface area contributed by atoms with Crippen LogP contribution in [0.25, 0.3) is 61.3 Å². The second kappa shape index (κ2) is 16.9. The minimum atomic E-state index is -1.03. The molecule has 0 N–H and O–H groups in total. The third-order valence-electron chi connectivity index (χ3n) is 13.7. The zero-order chi connectivity index (χ0) is 45.9. The van der Waals surface area contributed by atoms with Crippen molar-refractivity contribution in [1.29, 1.82) is 0 Å². The first kappa shape index (κ1) is 41.2. The summed E-state index contributed by atoms with van der Waals surface area (Å²) < 4.78 is 34.1. The van der Waals surface area contributed by atoms with Crippen LogP contribution in [-0.4, -0.2) is 15.3 Å². The monoisotopic (exact) mass is 886 g/mol. The molecule has 2 heterocycles. The van der Waals surface area contributed by atoms with Crippen molar-refractivity contribution < 1.29 is 8.78 Å². The van der Waals surface area contributed by atoms with E-state index in [9.17, 15) is 8.78 Å². The molecule has 2 aliphatic rings. The largest absolute Gasteiger partial charge is 0.313 e. The molecule has 0 radical (unpaired) electrons. The maximum absolute atomic E-state index is 14.9. The second-order valence-corrected chi connectivity index (χ2v) is 18.2. The third kappa shape index (κ3) is 7.21. The van der Waals surface area contributed by atoms with E-state index in [2.05, 4.69) is 202 Å². The SMILES string of the molecule is CC1C=Cc2c(n(-c3ccccc3)c3ccc(N(C4=CC(C)C(F)C=C4)c4ccc(-c5ccc(N(c6ccc(F)cc6)c6ccc7c(c6)c6ccccc6n7-c6ccccc6)cc5)cc4)cc23)C1. The van der Waals surface area contributed by atoms with Crippen molar-refractivity contribution in [2.45, 2.75) is 26.4 Å². The first-order valence-corrected chi connectivity index (χ1v) is 23.5. The van der Waals surface area contributed by atoms with E-state index < -0.39 is 6.17 Å². The summed E-state index contributed by atoms with van der Waals surface area (Å²) in [5, 5.41) is 3.49. The number of halogens is 2. The highest BCUT2D eigenvalue weighted by Crippen LogP contribution is 2.43. The van der Waals surface area contributed by atoms with Crippen LogP contribution in [0.5, 0.6) is 0 Å². The standard InChI is InChI=1S/C62H48F2N4/c1-41-17-33-55-57-40-53(32-36-61(57)68(62(55)37-41)47-13-7-4-8-14-47)66(51-30-34-58(64)42(2)38-51)49-26-20-44(21-27-49)43-18-24-48(25-19-43)65(50-28-22-45(63)23-29-50)52-31-35-60-56(39-52)54-15-9-10-16-59(54)67(60)46-11-5-3-6-12-46/h3-36,38-42,58H,37H2,1-2H3. The molecular weight excluding hydrogens is 839 g/mol. The van der Waals surface area contributed by atoms with E-state index in [1.807, 2.05) is 37.3 Å². The quantitative estimate of drug-likeness (QED) is 0.144. The van der Waals surface area contributed by atoms with Crippen molar-refractivity contribution in [1.82, 2.24) is 9.13 Å². The number of allylic oxidation sites excluding steroid dienone is 4. The van der Waals surface area contributed by atoms with Gasteiger partial charge in [-0.2, -0.15) is 0 Å². The first-order valence-electron chi connectivity index (χ1n) is 23.5. The van der Waals surface area contributed by atoms with Crippen molar-refractivity contribution in [2.24, 2.45) is 11.8 Å². The predicted octanol–water partition coefficient (Wildman–Crippen LogP) is 16.8. The Labute approximate surface area is 395 Å². The van der Waals surface area contributed by atoms with Crippen molar-refractivity contribution >= 4 is 67.2 Å². The molecule has 2 aromatic heterocycles. The van der Waals surface area contributed by atoms with Gasteiger partial charge in [0.05, 0.1) is 16.6 Å². The molecule has 10 aromatic rings. The maximum atomic E-state index is 14.9. The van der Waals surface area contributed by atoms with E-state index >= 15 is 0 Å². The fourth-order valence-electron chi connectivity index (χ4n) is 10.4. The second-order valence-electron chi connectivity index (χ2n) is 18.2. The van der Waals surface area contributed by atoms with Crippen LogP contribution in [0.3, 0.4) is 0 Å². The van der Waals surface area contributed by atoms with Crippen molar-refractivity contribution in [3.8, 4) is 22.5 Å². The number of fused-ring (bicyclic) bond motifs is 6. The van der Waals surface area contributed by atoms with Gasteiger partial charge in [0.25, 0.3) is 0 Å². The Bertz CT molecular complexity index is 3580. The van der Waals surface area contributed by atoms with Crippen LogP contribution in [0.2, 0.25) is 0 Å². The lowest BCUT2D eigenvalue weighted by Gasteiger charge is -2.30. The third-order valence-corrected chi connectivity index (χ3v) is 13.7. The average Bonchev–Trinajstić information content (AvgIpc) is 3.88. The predicted molar refractivity (Wildman–Crippen MR) is 279 cm³/mol. The van der Waals surface area contributed by atoms with E-state index in [1.165, 1.54) is 34.3 Å². The summed E-state index contributed by atoms with van der Waals surface area (Å²) in [6.07, 6.45) is 10.2. The summed E-state index contributed by atoms with van der Waals surface area (Å²) in [4.78, 5) is 4.44. The molecule has 3 atom stereocenters. The van der Waals surface area contributed by atoms with Gasteiger partial charge < -0.3 is 18.9 Å². The summed E-state index contributed by atoms with van der Waals surface area (Å²) in [5.74, 6) is -0.101. The van der Waals surface area contributed by atoms with Gasteiger partial charge in [0, 0.05) is 78.8 Å². The van der Waals surface area contributed by atoms with E-state index in [1.54, 1.807) is 6.08 Å². The fraction of sp³-hybridized carbons (Fsp3) is 0.0968. The minimum Gasteiger partial charge on any atom is -0.313 e. The highest BCUT2D eigenvalue weighted by Gasteiger charge is 2.26. The van der Waals surface area contributed by atoms with Crippen LogP contribution in [0.15, 0.2) is 224 Å². The molecule has 8 aromatic carbocycles. The maximum Gasteiger partial charge on any atom is 0.125 e. The van der Waals surface area contributed by atoms with Crippen molar-refractivity contribution in [3.63, 3.8) is 0 Å². The molecule has 4 nitrogen and oxygen atoms in total. The topological polar surface area (TPSA) is 16.3 Å². The minimum absolute atomic E-state index is 0.263. The molecule has 0 fully saturated rings. The smallest absolute Gasteiger partial charge is 0.125 e. The number of hydrogen-bond donors (Lipinski definition) is 0. The summed E-state index contributed by atoms with van der Waals surface area (Å²) in [6.45, 7) is 4.21. The Hall–Kier alpha value is -8.22. The molecule has 2 aliphatic carbocycles. The Kier molecular flexibility index (Phi) is 10.2. The van der Waals surface area contributed by atoms with Gasteiger partial charge in [0.15, 0.2) is 0 Å². The van der Waals surface area contributed by atoms with Crippen LogP contribution in [0, 0.1) is 17.7 Å². The lowest BCUT2D eigenvalue weighted by Crippen LogP contribution is -2.21. The lowest BCUT2D eigenvalue weighted by atomic mass is 9.94. The van der Waals surface area contributed by atoms with Gasteiger partial charge in [-0.3, -0.25) is 0 Å². The summed E-state index contributed by atoms with van der Waals surface area (Å²) in [6, 6.07) is 66.8. The highest BCUT2D eigenvalue weighted by molar-refractivity contribution is 6.10. The Morgan fingerprint density at radius 3 is 1.63 bits per heavy atom. The molecular formula is C62H48F2N4. The molecule has 12 rings (SSSR count). The number of anilines is 5. The van der Waals surface area contributed by atoms with E-state index in [-0.39, 0.29) is 11.7 Å². The van der Waals surface area contributed by atoms with Gasteiger partial charge in [-0.05, 0) is 151 Å². The number of aromatic nitrogens is 2. The number of hydrogen-bond acceptors (Lipinski definition) is 2. The van der Waals surface area contributed by atoms with Crippen LogP contribution >= 0.6 is 0 Å². The Balaban J connectivity index is 0.910. The zero-order valence-corrected chi connectivity index (χ0v) is 37.8. The van der Waals surface area contributed by atoms with Gasteiger partial charge in [-0.25, -0.2) is 8.78 Å². The molecule has 0 amide bonds. The van der Waals surface area contributed by atoms with Crippen LogP contribution in [-0.2, 0) is 6.42 Å². The molecule has 0 saturated carbocycles. The summed E-state index contributed by atoms with van der Waals surface area (Å²) in [5.41, 5.74) is 16.1. The molecule has 0 bridgehead atoms. The first-order chi connectivity index (χ1) is 33.4. The lowest BCUT2D eigenvalue weighted by molar-refractivity contribution is 0.332. The zero-order valence-electron chi connectivity index (χ0n) is 37.8. The molecule has 68 heavy (non-hydrogen) atoms. The number of benzene rings is 8.